The van der Waals surface area contributed by atoms with Crippen molar-refractivity contribution in [3.8, 4) is 5.75 Å². The molecule has 3 aliphatic heterocycles. The predicted molar refractivity (Wildman–Crippen MR) is 148 cm³/mol. The first kappa shape index (κ1) is 24.8. The number of likely N-dealkylation sites (tertiary alicyclic amines) is 1. The van der Waals surface area contributed by atoms with Crippen LogP contribution in [0.15, 0.2) is 78.9 Å². The summed E-state index contributed by atoms with van der Waals surface area (Å²) in [6.07, 6.45) is -1.32. The van der Waals surface area contributed by atoms with Crippen LogP contribution in [0.1, 0.15) is 54.4 Å². The zero-order chi connectivity index (χ0) is 28.0. The molecule has 0 radical (unpaired) electrons. The third-order valence-corrected chi connectivity index (χ3v) is 9.92. The summed E-state index contributed by atoms with van der Waals surface area (Å²) in [5.74, 6) is -2.35. The molecule has 7 heteroatoms. The maximum absolute atomic E-state index is 14.1. The SMILES string of the molecule is CC(C)N1C(=O)C2C3OC(C(OC(=O)C4CC5c6ccccc6C4c4ccccc45)C31)C2C(=O)Oc1ccccc1. The summed E-state index contributed by atoms with van der Waals surface area (Å²) in [6, 6.07) is 25.1. The summed E-state index contributed by atoms with van der Waals surface area (Å²) in [7, 11) is 0. The Labute approximate surface area is 238 Å². The highest BCUT2D eigenvalue weighted by atomic mass is 16.6. The van der Waals surface area contributed by atoms with Gasteiger partial charge in [-0.15, -0.1) is 0 Å². The molecule has 0 N–H and O–H groups in total. The zero-order valence-corrected chi connectivity index (χ0v) is 22.9. The highest BCUT2D eigenvalue weighted by Crippen LogP contribution is 2.57. The largest absolute Gasteiger partial charge is 0.457 e. The molecule has 3 aromatic carbocycles. The molecular formula is C34H31NO6. The van der Waals surface area contributed by atoms with Gasteiger partial charge in [0.25, 0.3) is 0 Å². The van der Waals surface area contributed by atoms with Crippen molar-refractivity contribution >= 4 is 17.8 Å². The van der Waals surface area contributed by atoms with E-state index in [2.05, 4.69) is 36.4 Å². The summed E-state index contributed by atoms with van der Waals surface area (Å²) in [4.78, 5) is 43.1. The molecular weight excluding hydrogens is 518 g/mol. The van der Waals surface area contributed by atoms with Crippen LogP contribution in [0, 0.1) is 17.8 Å². The summed E-state index contributed by atoms with van der Waals surface area (Å²) in [5.41, 5.74) is 4.92. The fourth-order valence-electron chi connectivity index (χ4n) is 8.42. The van der Waals surface area contributed by atoms with Gasteiger partial charge in [0.1, 0.15) is 17.8 Å². The number of para-hydroxylation sites is 1. The number of rotatable bonds is 5. The van der Waals surface area contributed by atoms with Gasteiger partial charge in [0.05, 0.1) is 24.0 Å². The highest BCUT2D eigenvalue weighted by Gasteiger charge is 2.73. The number of ether oxygens (including phenoxy) is 3. The number of carbonyl (C=O) groups is 3. The normalized spacial score (nSPS) is 33.6. The molecule has 3 aromatic rings. The van der Waals surface area contributed by atoms with Gasteiger partial charge in [-0.25, -0.2) is 0 Å². The first-order valence-electron chi connectivity index (χ1n) is 14.6. The highest BCUT2D eigenvalue weighted by molar-refractivity contribution is 5.91. The lowest BCUT2D eigenvalue weighted by molar-refractivity contribution is -0.164. The van der Waals surface area contributed by atoms with E-state index < -0.39 is 42.2 Å². The fourth-order valence-corrected chi connectivity index (χ4v) is 8.42. The van der Waals surface area contributed by atoms with Gasteiger partial charge in [0.15, 0.2) is 6.10 Å². The Kier molecular flexibility index (Phi) is 5.45. The smallest absolute Gasteiger partial charge is 0.318 e. The average molecular weight is 550 g/mol. The second-order valence-corrected chi connectivity index (χ2v) is 12.2. The molecule has 208 valence electrons. The summed E-state index contributed by atoms with van der Waals surface area (Å²) in [5, 5.41) is 0. The number of benzene rings is 3. The van der Waals surface area contributed by atoms with Crippen molar-refractivity contribution in [2.75, 3.05) is 0 Å². The standard InChI is InChI=1S/C34H31NO6/c1-17(2)35-28-29-26(32(35)36)27(34(38)39-18-10-4-3-5-11-18)30(40-29)31(28)41-33(37)24-16-23-19-12-6-8-14-21(19)25(24)22-15-9-7-13-20(22)23/h3-15,17,23-31H,16H2,1-2H3. The lowest BCUT2D eigenvalue weighted by Crippen LogP contribution is -2.52. The lowest BCUT2D eigenvalue weighted by Gasteiger charge is -2.45. The Bertz CT molecular complexity index is 1520. The second kappa shape index (κ2) is 9.02. The molecule has 7 atom stereocenters. The molecule has 1 amide bonds. The maximum Gasteiger partial charge on any atom is 0.318 e. The van der Waals surface area contributed by atoms with Gasteiger partial charge >= 0.3 is 11.9 Å². The number of fused-ring (bicyclic) bond motifs is 2. The van der Waals surface area contributed by atoms with Gasteiger partial charge < -0.3 is 19.1 Å². The third-order valence-electron chi connectivity index (χ3n) is 9.92. The molecule has 0 aromatic heterocycles. The Hall–Kier alpha value is -3.97. The van der Waals surface area contributed by atoms with E-state index in [0.717, 1.165) is 0 Å². The van der Waals surface area contributed by atoms with E-state index in [-0.39, 0.29) is 35.7 Å². The maximum atomic E-state index is 14.1. The Morgan fingerprint density at radius 1 is 0.829 bits per heavy atom. The minimum absolute atomic E-state index is 0.0996. The van der Waals surface area contributed by atoms with Crippen molar-refractivity contribution in [1.29, 1.82) is 0 Å². The van der Waals surface area contributed by atoms with Crippen molar-refractivity contribution in [3.63, 3.8) is 0 Å². The Morgan fingerprint density at radius 2 is 1.44 bits per heavy atom. The monoisotopic (exact) mass is 549 g/mol. The van der Waals surface area contributed by atoms with Gasteiger partial charge in [-0.1, -0.05) is 66.7 Å². The Balaban J connectivity index is 1.12. The molecule has 3 saturated heterocycles. The van der Waals surface area contributed by atoms with E-state index >= 15 is 0 Å². The van der Waals surface area contributed by atoms with Crippen LogP contribution < -0.4 is 4.74 Å². The summed E-state index contributed by atoms with van der Waals surface area (Å²) < 4.78 is 18.4. The van der Waals surface area contributed by atoms with E-state index in [0.29, 0.717) is 12.2 Å². The minimum Gasteiger partial charge on any atom is -0.457 e. The van der Waals surface area contributed by atoms with Crippen molar-refractivity contribution in [2.24, 2.45) is 17.8 Å². The number of nitrogens with zero attached hydrogens (tertiary/aromatic N) is 1. The average Bonchev–Trinajstić information content (AvgIpc) is 3.61. The molecule has 0 saturated carbocycles. The van der Waals surface area contributed by atoms with Crippen LogP contribution in [-0.4, -0.2) is 53.1 Å². The zero-order valence-electron chi connectivity index (χ0n) is 22.9. The van der Waals surface area contributed by atoms with Gasteiger partial charge in [-0.3, -0.25) is 14.4 Å². The molecule has 41 heavy (non-hydrogen) atoms. The summed E-state index contributed by atoms with van der Waals surface area (Å²) in [6.45, 7) is 3.89. The van der Waals surface area contributed by atoms with Gasteiger partial charge in [-0.05, 0) is 54.7 Å². The van der Waals surface area contributed by atoms with Crippen LogP contribution in [0.25, 0.3) is 0 Å². The lowest BCUT2D eigenvalue weighted by atomic mass is 9.59. The fraction of sp³-hybridized carbons (Fsp3) is 0.382. The number of hydrogen-bond acceptors (Lipinski definition) is 6. The molecule has 7 nitrogen and oxygen atoms in total. The van der Waals surface area contributed by atoms with E-state index in [1.807, 2.05) is 32.0 Å². The number of carbonyl (C=O) groups excluding carboxylic acids is 3. The van der Waals surface area contributed by atoms with E-state index in [1.165, 1.54) is 22.3 Å². The van der Waals surface area contributed by atoms with Crippen molar-refractivity contribution in [3.05, 3.63) is 101 Å². The molecule has 9 rings (SSSR count). The molecule has 4 bridgehead atoms. The van der Waals surface area contributed by atoms with E-state index in [4.69, 9.17) is 14.2 Å². The molecule has 6 aliphatic rings. The van der Waals surface area contributed by atoms with Crippen LogP contribution >= 0.6 is 0 Å². The molecule has 3 aliphatic carbocycles. The number of hydrogen-bond donors (Lipinski definition) is 0. The number of esters is 2. The molecule has 0 spiro atoms. The van der Waals surface area contributed by atoms with Gasteiger partial charge in [0.2, 0.25) is 5.91 Å². The van der Waals surface area contributed by atoms with Crippen LogP contribution in [0.5, 0.6) is 5.75 Å². The van der Waals surface area contributed by atoms with Crippen molar-refractivity contribution in [2.45, 2.75) is 62.5 Å². The molecule has 3 heterocycles. The number of amides is 1. The first-order chi connectivity index (χ1) is 19.9. The van der Waals surface area contributed by atoms with Crippen LogP contribution in [-0.2, 0) is 23.9 Å². The topological polar surface area (TPSA) is 82.1 Å². The predicted octanol–water partition coefficient (Wildman–Crippen LogP) is 4.43. The molecule has 3 fully saturated rings. The second-order valence-electron chi connectivity index (χ2n) is 12.2. The van der Waals surface area contributed by atoms with Crippen molar-refractivity contribution < 1.29 is 28.6 Å². The molecule has 7 unspecified atom stereocenters. The van der Waals surface area contributed by atoms with Crippen LogP contribution in [0.2, 0.25) is 0 Å². The Morgan fingerprint density at radius 3 is 2.07 bits per heavy atom. The van der Waals surface area contributed by atoms with Gasteiger partial charge in [-0.2, -0.15) is 0 Å². The quantitative estimate of drug-likeness (QED) is 0.346. The summed E-state index contributed by atoms with van der Waals surface area (Å²) >= 11 is 0. The van der Waals surface area contributed by atoms with Crippen LogP contribution in [0.3, 0.4) is 0 Å². The van der Waals surface area contributed by atoms with Gasteiger partial charge in [0, 0.05) is 17.9 Å². The van der Waals surface area contributed by atoms with Crippen molar-refractivity contribution in [1.82, 2.24) is 4.90 Å². The van der Waals surface area contributed by atoms with E-state index in [9.17, 15) is 14.4 Å². The van der Waals surface area contributed by atoms with E-state index in [1.54, 1.807) is 29.2 Å². The minimum atomic E-state index is -0.838. The first-order valence-corrected chi connectivity index (χ1v) is 14.6. The van der Waals surface area contributed by atoms with Crippen LogP contribution in [0.4, 0.5) is 0 Å². The third kappa shape index (κ3) is 3.45.